The number of rotatable bonds is 3. The molecule has 0 saturated carbocycles. The monoisotopic (exact) mass is 382 g/mol. The molecule has 2 saturated heterocycles. The Morgan fingerprint density at radius 1 is 1.07 bits per heavy atom. The zero-order valence-corrected chi connectivity index (χ0v) is 16.6. The Labute approximate surface area is 165 Å². The number of carbonyl (C=O) groups is 1. The zero-order valence-electron chi connectivity index (χ0n) is 16.6. The van der Waals surface area contributed by atoms with Crippen molar-refractivity contribution in [2.45, 2.75) is 19.3 Å². The van der Waals surface area contributed by atoms with E-state index in [9.17, 15) is 9.18 Å². The molecule has 4 nitrogen and oxygen atoms in total. The highest BCUT2D eigenvalue weighted by Gasteiger charge is 2.41. The largest absolute Gasteiger partial charge is 0.496 e. The van der Waals surface area contributed by atoms with Crippen LogP contribution in [0.4, 0.5) is 4.39 Å². The van der Waals surface area contributed by atoms with Gasteiger partial charge in [0.25, 0.3) is 5.91 Å². The molecule has 2 fully saturated rings. The minimum Gasteiger partial charge on any atom is -0.496 e. The Morgan fingerprint density at radius 3 is 2.54 bits per heavy atom. The summed E-state index contributed by atoms with van der Waals surface area (Å²) in [6.07, 6.45) is 3.45. The third-order valence-corrected chi connectivity index (χ3v) is 6.18. The van der Waals surface area contributed by atoms with Crippen molar-refractivity contribution in [3.8, 4) is 16.9 Å². The number of hydrogen-bond acceptors (Lipinski definition) is 3. The van der Waals surface area contributed by atoms with Crippen LogP contribution in [0.15, 0.2) is 42.5 Å². The van der Waals surface area contributed by atoms with Crippen molar-refractivity contribution >= 4 is 5.91 Å². The SMILES string of the molecule is COc1ccc(F)cc1-c1ccc(C(=O)N2CCC[C@@]3(CCN(C)C3)C2)cc1. The van der Waals surface area contributed by atoms with E-state index < -0.39 is 0 Å². The third-order valence-electron chi connectivity index (χ3n) is 6.18. The van der Waals surface area contributed by atoms with Crippen LogP contribution in [0.5, 0.6) is 5.75 Å². The van der Waals surface area contributed by atoms with Crippen LogP contribution in [-0.2, 0) is 0 Å². The maximum atomic E-state index is 13.7. The number of benzene rings is 2. The Balaban J connectivity index is 1.53. The molecule has 1 atom stereocenters. The highest BCUT2D eigenvalue weighted by atomic mass is 19.1. The first-order valence-corrected chi connectivity index (χ1v) is 9.91. The van der Waals surface area contributed by atoms with E-state index in [1.165, 1.54) is 25.0 Å². The van der Waals surface area contributed by atoms with E-state index in [0.29, 0.717) is 16.9 Å². The molecule has 148 valence electrons. The van der Waals surface area contributed by atoms with Gasteiger partial charge < -0.3 is 14.5 Å². The standard InChI is InChI=1S/C23H27FN2O2/c1-25-13-11-23(15-25)10-3-12-26(16-23)22(27)18-6-4-17(5-7-18)20-14-19(24)8-9-21(20)28-2/h4-9,14H,3,10-13,15-16H2,1-2H3/t23-/m0/s1. The fraction of sp³-hybridized carbons (Fsp3) is 0.435. The minimum atomic E-state index is -0.309. The number of halogens is 1. The van der Waals surface area contributed by atoms with Crippen LogP contribution in [0.2, 0.25) is 0 Å². The van der Waals surface area contributed by atoms with Gasteiger partial charge in [0, 0.05) is 36.2 Å². The van der Waals surface area contributed by atoms with E-state index in [2.05, 4.69) is 11.9 Å². The Bertz CT molecular complexity index is 863. The number of hydrogen-bond donors (Lipinski definition) is 0. The first-order valence-electron chi connectivity index (χ1n) is 9.91. The highest BCUT2D eigenvalue weighted by Crippen LogP contribution is 2.39. The van der Waals surface area contributed by atoms with Gasteiger partial charge in [-0.2, -0.15) is 0 Å². The lowest BCUT2D eigenvalue weighted by molar-refractivity contribution is 0.0534. The molecule has 0 N–H and O–H groups in total. The molecular weight excluding hydrogens is 355 g/mol. The van der Waals surface area contributed by atoms with E-state index in [-0.39, 0.29) is 17.1 Å². The van der Waals surface area contributed by atoms with Gasteiger partial charge in [-0.3, -0.25) is 4.79 Å². The van der Waals surface area contributed by atoms with Gasteiger partial charge in [-0.1, -0.05) is 12.1 Å². The number of ether oxygens (including phenoxy) is 1. The summed E-state index contributed by atoms with van der Waals surface area (Å²) in [5.41, 5.74) is 2.47. The molecule has 0 aliphatic carbocycles. The molecule has 1 spiro atoms. The van der Waals surface area contributed by atoms with Crippen LogP contribution >= 0.6 is 0 Å². The number of methoxy groups -OCH3 is 1. The van der Waals surface area contributed by atoms with Crippen molar-refractivity contribution in [1.82, 2.24) is 9.80 Å². The zero-order chi connectivity index (χ0) is 19.7. The number of nitrogens with zero attached hydrogens (tertiary/aromatic N) is 2. The Kier molecular flexibility index (Phi) is 5.11. The fourth-order valence-corrected chi connectivity index (χ4v) is 4.75. The molecule has 0 aromatic heterocycles. The van der Waals surface area contributed by atoms with E-state index in [1.807, 2.05) is 29.2 Å². The lowest BCUT2D eigenvalue weighted by Crippen LogP contribution is -2.47. The summed E-state index contributed by atoms with van der Waals surface area (Å²) in [5, 5.41) is 0. The summed E-state index contributed by atoms with van der Waals surface area (Å²) in [6.45, 7) is 3.86. The van der Waals surface area contributed by atoms with E-state index in [4.69, 9.17) is 4.74 Å². The van der Waals surface area contributed by atoms with Crippen molar-refractivity contribution in [1.29, 1.82) is 0 Å². The number of likely N-dealkylation sites (tertiary alicyclic amines) is 2. The van der Waals surface area contributed by atoms with Crippen LogP contribution in [0.3, 0.4) is 0 Å². The normalized spacial score (nSPS) is 22.6. The van der Waals surface area contributed by atoms with Gasteiger partial charge in [0.05, 0.1) is 7.11 Å². The van der Waals surface area contributed by atoms with Gasteiger partial charge in [0.2, 0.25) is 0 Å². The molecule has 0 radical (unpaired) electrons. The molecule has 2 aromatic rings. The molecular formula is C23H27FN2O2. The van der Waals surface area contributed by atoms with Crippen LogP contribution in [0.1, 0.15) is 29.6 Å². The third kappa shape index (κ3) is 3.63. The number of piperidine rings is 1. The summed E-state index contributed by atoms with van der Waals surface area (Å²) >= 11 is 0. The molecule has 2 aliphatic heterocycles. The maximum Gasteiger partial charge on any atom is 0.253 e. The molecule has 5 heteroatoms. The second kappa shape index (κ2) is 7.55. The van der Waals surface area contributed by atoms with Crippen molar-refractivity contribution in [2.24, 2.45) is 5.41 Å². The van der Waals surface area contributed by atoms with E-state index in [1.54, 1.807) is 13.2 Å². The second-order valence-electron chi connectivity index (χ2n) is 8.24. The predicted molar refractivity (Wildman–Crippen MR) is 108 cm³/mol. The molecule has 2 aliphatic rings. The van der Waals surface area contributed by atoms with Crippen LogP contribution in [0, 0.1) is 11.2 Å². The quantitative estimate of drug-likeness (QED) is 0.803. The van der Waals surface area contributed by atoms with Gasteiger partial charge in [0.15, 0.2) is 0 Å². The number of amides is 1. The molecule has 2 aromatic carbocycles. The highest BCUT2D eigenvalue weighted by molar-refractivity contribution is 5.95. The van der Waals surface area contributed by atoms with Crippen molar-refractivity contribution in [3.05, 3.63) is 53.8 Å². The molecule has 0 bridgehead atoms. The summed E-state index contributed by atoms with van der Waals surface area (Å²) < 4.78 is 19.0. The van der Waals surface area contributed by atoms with Gasteiger partial charge in [-0.15, -0.1) is 0 Å². The summed E-state index contributed by atoms with van der Waals surface area (Å²) in [5.74, 6) is 0.395. The van der Waals surface area contributed by atoms with Crippen LogP contribution in [-0.4, -0.2) is 56.0 Å². The van der Waals surface area contributed by atoms with Crippen molar-refractivity contribution in [3.63, 3.8) is 0 Å². The summed E-state index contributed by atoms with van der Waals surface area (Å²) in [6, 6.07) is 11.9. The summed E-state index contributed by atoms with van der Waals surface area (Å²) in [7, 11) is 3.73. The fourth-order valence-electron chi connectivity index (χ4n) is 4.75. The topological polar surface area (TPSA) is 32.8 Å². The van der Waals surface area contributed by atoms with E-state index in [0.717, 1.165) is 38.2 Å². The predicted octanol–water partition coefficient (Wildman–Crippen LogP) is 4.06. The molecule has 1 amide bonds. The Hall–Kier alpha value is -2.40. The molecule has 2 heterocycles. The lowest BCUT2D eigenvalue weighted by Gasteiger charge is -2.40. The smallest absolute Gasteiger partial charge is 0.253 e. The average Bonchev–Trinajstić information content (AvgIpc) is 3.07. The van der Waals surface area contributed by atoms with Crippen molar-refractivity contribution < 1.29 is 13.9 Å². The van der Waals surface area contributed by atoms with Gasteiger partial charge in [0.1, 0.15) is 11.6 Å². The average molecular weight is 382 g/mol. The lowest BCUT2D eigenvalue weighted by atomic mass is 9.79. The molecule has 4 rings (SSSR count). The summed E-state index contributed by atoms with van der Waals surface area (Å²) in [4.78, 5) is 17.5. The van der Waals surface area contributed by atoms with Gasteiger partial charge >= 0.3 is 0 Å². The first kappa shape index (κ1) is 18.9. The van der Waals surface area contributed by atoms with Gasteiger partial charge in [-0.25, -0.2) is 4.39 Å². The van der Waals surface area contributed by atoms with Crippen LogP contribution in [0.25, 0.3) is 11.1 Å². The minimum absolute atomic E-state index is 0.0892. The molecule has 0 unspecified atom stereocenters. The first-order chi connectivity index (χ1) is 13.5. The van der Waals surface area contributed by atoms with Gasteiger partial charge in [-0.05, 0) is 68.8 Å². The Morgan fingerprint density at radius 2 is 1.86 bits per heavy atom. The molecule has 28 heavy (non-hydrogen) atoms. The van der Waals surface area contributed by atoms with Crippen molar-refractivity contribution in [2.75, 3.05) is 40.3 Å². The van der Waals surface area contributed by atoms with Crippen LogP contribution < -0.4 is 4.74 Å². The second-order valence-corrected chi connectivity index (χ2v) is 8.24. The maximum absolute atomic E-state index is 13.7. The van der Waals surface area contributed by atoms with E-state index >= 15 is 0 Å². The number of carbonyl (C=O) groups excluding carboxylic acids is 1.